The van der Waals surface area contributed by atoms with Crippen LogP contribution in [0.5, 0.6) is 0 Å². The molecule has 0 aliphatic rings. The Morgan fingerprint density at radius 1 is 1.23 bits per heavy atom. The van der Waals surface area contributed by atoms with Gasteiger partial charge in [-0.1, -0.05) is 12.1 Å². The molecule has 0 saturated carbocycles. The molecule has 4 N–H and O–H groups in total. The molecule has 140 valence electrons. The van der Waals surface area contributed by atoms with Crippen LogP contribution in [-0.2, 0) is 11.9 Å². The number of carbonyl (C=O) groups excluding carboxylic acids is 1. The molecule has 10 heteroatoms. The number of anilines is 1. The Labute approximate surface area is 152 Å². The monoisotopic (exact) mass is 385 g/mol. The van der Waals surface area contributed by atoms with E-state index in [0.717, 1.165) is 23.4 Å². The van der Waals surface area contributed by atoms with Crippen LogP contribution in [-0.4, -0.2) is 23.1 Å². The van der Waals surface area contributed by atoms with Gasteiger partial charge in [-0.2, -0.15) is 13.2 Å². The molecule has 0 fully saturated rings. The molecule has 26 heavy (non-hydrogen) atoms. The van der Waals surface area contributed by atoms with E-state index < -0.39 is 17.8 Å². The Kier molecular flexibility index (Phi) is 6.11. The number of alkyl halides is 3. The van der Waals surface area contributed by atoms with Crippen LogP contribution in [0.15, 0.2) is 41.4 Å². The molecule has 0 spiro atoms. The van der Waals surface area contributed by atoms with E-state index in [1.54, 1.807) is 12.3 Å². The summed E-state index contributed by atoms with van der Waals surface area (Å²) >= 11 is 0.901. The van der Waals surface area contributed by atoms with Crippen molar-refractivity contribution in [2.45, 2.75) is 23.7 Å². The van der Waals surface area contributed by atoms with Gasteiger partial charge in [0.1, 0.15) is 0 Å². The van der Waals surface area contributed by atoms with Crippen molar-refractivity contribution in [3.8, 4) is 0 Å². The number of pyridine rings is 1. The molecule has 2 rings (SSSR count). The molecule has 0 bridgehead atoms. The standard InChI is InChI=1S/C16H18F3N5OS/c1-10-6-7-11(22-8-10)9-26-14-12(16(17,18)19)4-3-5-13(14)24(21)15(25)23(2)20/h3-8H,9,20-21H2,1-2H3. The number of halogens is 3. The summed E-state index contributed by atoms with van der Waals surface area (Å²) in [7, 11) is 1.25. The zero-order chi connectivity index (χ0) is 19.5. The van der Waals surface area contributed by atoms with Crippen molar-refractivity contribution in [3.05, 3.63) is 53.3 Å². The van der Waals surface area contributed by atoms with Gasteiger partial charge in [-0.3, -0.25) is 9.99 Å². The van der Waals surface area contributed by atoms with Gasteiger partial charge in [0.25, 0.3) is 0 Å². The molecule has 6 nitrogen and oxygen atoms in total. The van der Waals surface area contributed by atoms with Gasteiger partial charge in [-0.25, -0.2) is 21.5 Å². The van der Waals surface area contributed by atoms with Crippen LogP contribution in [0.25, 0.3) is 0 Å². The molecule has 0 aliphatic heterocycles. The predicted molar refractivity (Wildman–Crippen MR) is 94.0 cm³/mol. The van der Waals surface area contributed by atoms with Crippen LogP contribution in [0.2, 0.25) is 0 Å². The first-order chi connectivity index (χ1) is 12.1. The first kappa shape index (κ1) is 20.0. The van der Waals surface area contributed by atoms with Crippen molar-refractivity contribution in [1.82, 2.24) is 9.99 Å². The summed E-state index contributed by atoms with van der Waals surface area (Å²) in [4.78, 5) is 16.0. The number of nitrogens with zero attached hydrogens (tertiary/aromatic N) is 3. The Balaban J connectivity index is 2.42. The molecule has 0 unspecified atom stereocenters. The van der Waals surface area contributed by atoms with E-state index in [0.29, 0.717) is 15.7 Å². The molecular formula is C16H18F3N5OS. The van der Waals surface area contributed by atoms with E-state index in [9.17, 15) is 18.0 Å². The number of benzene rings is 1. The second-order valence-corrected chi connectivity index (χ2v) is 6.52. The van der Waals surface area contributed by atoms with Crippen molar-refractivity contribution < 1.29 is 18.0 Å². The Hall–Kier alpha value is -2.30. The van der Waals surface area contributed by atoms with E-state index in [-0.39, 0.29) is 16.3 Å². The van der Waals surface area contributed by atoms with Gasteiger partial charge in [-0.15, -0.1) is 11.8 Å². The van der Waals surface area contributed by atoms with Crippen LogP contribution in [0.4, 0.5) is 23.7 Å². The average molecular weight is 385 g/mol. The van der Waals surface area contributed by atoms with Crippen molar-refractivity contribution >= 4 is 23.5 Å². The number of thioether (sulfide) groups is 1. The fourth-order valence-corrected chi connectivity index (χ4v) is 3.21. The summed E-state index contributed by atoms with van der Waals surface area (Å²) in [5.41, 5.74) is 0.587. The number of nitrogens with two attached hydrogens (primary N) is 2. The minimum Gasteiger partial charge on any atom is -0.264 e. The van der Waals surface area contributed by atoms with E-state index in [2.05, 4.69) is 4.98 Å². The highest BCUT2D eigenvalue weighted by Crippen LogP contribution is 2.42. The number of rotatable bonds is 4. The van der Waals surface area contributed by atoms with Gasteiger partial charge in [0, 0.05) is 23.9 Å². The van der Waals surface area contributed by atoms with Crippen molar-refractivity contribution in [2.24, 2.45) is 11.7 Å². The van der Waals surface area contributed by atoms with Gasteiger partial charge < -0.3 is 0 Å². The Morgan fingerprint density at radius 3 is 2.46 bits per heavy atom. The number of aromatic nitrogens is 1. The lowest BCUT2D eigenvalue weighted by atomic mass is 10.2. The summed E-state index contributed by atoms with van der Waals surface area (Å²) < 4.78 is 40.3. The lowest BCUT2D eigenvalue weighted by Gasteiger charge is -2.24. The molecule has 1 aromatic carbocycles. The van der Waals surface area contributed by atoms with Gasteiger partial charge >= 0.3 is 12.2 Å². The van der Waals surface area contributed by atoms with E-state index in [4.69, 9.17) is 11.7 Å². The molecule has 0 aliphatic carbocycles. The van der Waals surface area contributed by atoms with Crippen molar-refractivity contribution in [2.75, 3.05) is 12.1 Å². The normalized spacial score (nSPS) is 11.3. The number of hydrazine groups is 2. The molecule has 0 atom stereocenters. The van der Waals surface area contributed by atoms with Gasteiger partial charge in [0.2, 0.25) is 0 Å². The van der Waals surface area contributed by atoms with Crippen LogP contribution in [0.1, 0.15) is 16.8 Å². The number of carbonyl (C=O) groups is 1. The molecule has 2 aromatic rings. The van der Waals surface area contributed by atoms with Crippen LogP contribution < -0.4 is 16.7 Å². The minimum atomic E-state index is -4.60. The molecule has 1 aromatic heterocycles. The zero-order valence-corrected chi connectivity index (χ0v) is 14.9. The Bertz CT molecular complexity index is 780. The topological polar surface area (TPSA) is 88.5 Å². The lowest BCUT2D eigenvalue weighted by molar-refractivity contribution is -0.139. The quantitative estimate of drug-likeness (QED) is 0.365. The van der Waals surface area contributed by atoms with Crippen LogP contribution >= 0.6 is 11.8 Å². The van der Waals surface area contributed by atoms with E-state index >= 15 is 0 Å². The second kappa shape index (κ2) is 7.94. The summed E-state index contributed by atoms with van der Waals surface area (Å²) in [6, 6.07) is 6.18. The molecular weight excluding hydrogens is 367 g/mol. The highest BCUT2D eigenvalue weighted by molar-refractivity contribution is 7.98. The molecule has 2 amide bonds. The third kappa shape index (κ3) is 4.65. The maximum absolute atomic E-state index is 13.4. The number of hydrogen-bond acceptors (Lipinski definition) is 5. The third-order valence-electron chi connectivity index (χ3n) is 3.40. The number of hydrogen-bond donors (Lipinski definition) is 2. The number of urea groups is 1. The molecule has 0 radical (unpaired) electrons. The summed E-state index contributed by atoms with van der Waals surface area (Å²) in [6.45, 7) is 1.86. The molecule has 0 saturated heterocycles. The number of amides is 2. The first-order valence-electron chi connectivity index (χ1n) is 7.43. The highest BCUT2D eigenvalue weighted by Gasteiger charge is 2.35. The minimum absolute atomic E-state index is 0.0840. The van der Waals surface area contributed by atoms with Crippen molar-refractivity contribution in [1.29, 1.82) is 0 Å². The van der Waals surface area contributed by atoms with Crippen molar-refractivity contribution in [3.63, 3.8) is 0 Å². The highest BCUT2D eigenvalue weighted by atomic mass is 32.2. The average Bonchev–Trinajstić information content (AvgIpc) is 2.58. The third-order valence-corrected chi connectivity index (χ3v) is 4.56. The maximum atomic E-state index is 13.4. The first-order valence-corrected chi connectivity index (χ1v) is 8.41. The maximum Gasteiger partial charge on any atom is 0.417 e. The smallest absolute Gasteiger partial charge is 0.264 e. The SMILES string of the molecule is Cc1ccc(CSc2c(N(N)C(=O)N(C)N)cccc2C(F)(F)F)nc1. The zero-order valence-electron chi connectivity index (χ0n) is 14.1. The fraction of sp³-hybridized carbons (Fsp3) is 0.250. The molecule has 1 heterocycles. The summed E-state index contributed by atoms with van der Waals surface area (Å²) in [5.74, 6) is 11.2. The lowest BCUT2D eigenvalue weighted by Crippen LogP contribution is -2.48. The van der Waals surface area contributed by atoms with Gasteiger partial charge in [0.05, 0.1) is 16.9 Å². The largest absolute Gasteiger partial charge is 0.417 e. The van der Waals surface area contributed by atoms with E-state index in [1.807, 2.05) is 13.0 Å². The van der Waals surface area contributed by atoms with Crippen LogP contribution in [0.3, 0.4) is 0 Å². The summed E-state index contributed by atoms with van der Waals surface area (Å²) in [5, 5.41) is 1.29. The number of aryl methyl sites for hydroxylation is 1. The van der Waals surface area contributed by atoms with E-state index in [1.165, 1.54) is 19.2 Å². The second-order valence-electron chi connectivity index (χ2n) is 5.53. The Morgan fingerprint density at radius 2 is 1.92 bits per heavy atom. The van der Waals surface area contributed by atoms with Gasteiger partial charge in [0.15, 0.2) is 0 Å². The summed E-state index contributed by atoms with van der Waals surface area (Å²) in [6.07, 6.45) is -2.97. The van der Waals surface area contributed by atoms with Crippen LogP contribution in [0, 0.1) is 6.92 Å². The van der Waals surface area contributed by atoms with Gasteiger partial charge in [-0.05, 0) is 30.7 Å². The fourth-order valence-electron chi connectivity index (χ4n) is 2.09. The predicted octanol–water partition coefficient (Wildman–Crippen LogP) is 3.31.